The summed E-state index contributed by atoms with van der Waals surface area (Å²) >= 11 is 0. The van der Waals surface area contributed by atoms with Gasteiger partial charge < -0.3 is 10.5 Å². The van der Waals surface area contributed by atoms with E-state index >= 15 is 0 Å². The maximum Gasteiger partial charge on any atom is 0.306 e. The topological polar surface area (TPSA) is 69.4 Å². The maximum absolute atomic E-state index is 11.0. The Morgan fingerprint density at radius 2 is 2.00 bits per heavy atom. The maximum atomic E-state index is 11.0. The SMILES string of the molecule is CCCC(C)OC(=O)CCC(N)=O. The Bertz CT molecular complexity index is 180. The molecule has 1 unspecified atom stereocenters. The molecule has 0 aromatic heterocycles. The zero-order valence-corrected chi connectivity index (χ0v) is 8.21. The number of ether oxygens (including phenoxy) is 1. The van der Waals surface area contributed by atoms with Gasteiger partial charge in [0.25, 0.3) is 0 Å². The lowest BCUT2D eigenvalue weighted by Gasteiger charge is -2.11. The van der Waals surface area contributed by atoms with Gasteiger partial charge in [-0.3, -0.25) is 9.59 Å². The summed E-state index contributed by atoms with van der Waals surface area (Å²) in [4.78, 5) is 21.3. The van der Waals surface area contributed by atoms with Gasteiger partial charge >= 0.3 is 5.97 Å². The lowest BCUT2D eigenvalue weighted by atomic mass is 10.2. The molecule has 13 heavy (non-hydrogen) atoms. The number of primary amides is 1. The molecule has 0 fully saturated rings. The molecule has 0 bridgehead atoms. The van der Waals surface area contributed by atoms with E-state index in [1.54, 1.807) is 0 Å². The molecule has 0 saturated carbocycles. The van der Waals surface area contributed by atoms with E-state index in [0.717, 1.165) is 12.8 Å². The molecule has 0 aromatic carbocycles. The molecular weight excluding hydrogens is 170 g/mol. The predicted octanol–water partition coefficient (Wildman–Crippen LogP) is 0.984. The first-order valence-electron chi connectivity index (χ1n) is 4.54. The Kier molecular flexibility index (Phi) is 5.93. The smallest absolute Gasteiger partial charge is 0.306 e. The number of amides is 1. The number of hydrogen-bond donors (Lipinski definition) is 1. The minimum atomic E-state index is -0.472. The fourth-order valence-electron chi connectivity index (χ4n) is 0.974. The molecule has 4 heteroatoms. The van der Waals surface area contributed by atoms with Crippen molar-refractivity contribution in [2.24, 2.45) is 5.73 Å². The van der Waals surface area contributed by atoms with Crippen molar-refractivity contribution in [3.63, 3.8) is 0 Å². The average molecular weight is 187 g/mol. The zero-order valence-electron chi connectivity index (χ0n) is 8.21. The monoisotopic (exact) mass is 187 g/mol. The molecule has 4 nitrogen and oxygen atoms in total. The number of hydrogen-bond acceptors (Lipinski definition) is 3. The van der Waals surface area contributed by atoms with Crippen molar-refractivity contribution in [1.82, 2.24) is 0 Å². The van der Waals surface area contributed by atoms with Crippen LogP contribution in [0.15, 0.2) is 0 Å². The Morgan fingerprint density at radius 1 is 1.38 bits per heavy atom. The second kappa shape index (κ2) is 6.46. The summed E-state index contributed by atoms with van der Waals surface area (Å²) in [6, 6.07) is 0. The van der Waals surface area contributed by atoms with Gasteiger partial charge in [-0.2, -0.15) is 0 Å². The van der Waals surface area contributed by atoms with Gasteiger partial charge in [-0.15, -0.1) is 0 Å². The Balaban J connectivity index is 3.55. The van der Waals surface area contributed by atoms with Crippen molar-refractivity contribution in [3.05, 3.63) is 0 Å². The third-order valence-corrected chi connectivity index (χ3v) is 1.60. The molecule has 0 saturated heterocycles. The lowest BCUT2D eigenvalue weighted by Crippen LogP contribution is -2.17. The minimum absolute atomic E-state index is 0.0645. The van der Waals surface area contributed by atoms with Crippen LogP contribution in [0.4, 0.5) is 0 Å². The molecule has 0 spiro atoms. The van der Waals surface area contributed by atoms with Gasteiger partial charge in [0.2, 0.25) is 5.91 Å². The summed E-state index contributed by atoms with van der Waals surface area (Å²) in [5.41, 5.74) is 4.88. The van der Waals surface area contributed by atoms with E-state index in [1.807, 2.05) is 13.8 Å². The Labute approximate surface area is 78.4 Å². The van der Waals surface area contributed by atoms with Crippen molar-refractivity contribution in [1.29, 1.82) is 0 Å². The molecule has 2 N–H and O–H groups in total. The van der Waals surface area contributed by atoms with Crippen LogP contribution >= 0.6 is 0 Å². The van der Waals surface area contributed by atoms with E-state index in [4.69, 9.17) is 10.5 Å². The number of esters is 1. The molecule has 0 heterocycles. The van der Waals surface area contributed by atoms with Crippen LogP contribution < -0.4 is 5.73 Å². The van der Waals surface area contributed by atoms with Gasteiger partial charge in [0.05, 0.1) is 12.5 Å². The summed E-state index contributed by atoms with van der Waals surface area (Å²) in [7, 11) is 0. The van der Waals surface area contributed by atoms with E-state index in [2.05, 4.69) is 0 Å². The van der Waals surface area contributed by atoms with E-state index < -0.39 is 5.91 Å². The second-order valence-corrected chi connectivity index (χ2v) is 3.06. The molecule has 0 rings (SSSR count). The first kappa shape index (κ1) is 11.9. The van der Waals surface area contributed by atoms with Crippen LogP contribution in [0.5, 0.6) is 0 Å². The van der Waals surface area contributed by atoms with Gasteiger partial charge in [-0.25, -0.2) is 0 Å². The number of carbonyl (C=O) groups is 2. The summed E-state index contributed by atoms with van der Waals surface area (Å²) in [5.74, 6) is -0.820. The largest absolute Gasteiger partial charge is 0.463 e. The predicted molar refractivity (Wildman–Crippen MR) is 48.9 cm³/mol. The molecule has 1 atom stereocenters. The van der Waals surface area contributed by atoms with Crippen LogP contribution in [-0.2, 0) is 14.3 Å². The molecule has 0 aliphatic carbocycles. The highest BCUT2D eigenvalue weighted by atomic mass is 16.5. The third kappa shape index (κ3) is 7.31. The fraction of sp³-hybridized carbons (Fsp3) is 0.778. The standard InChI is InChI=1S/C9H17NO3/c1-3-4-7(2)13-9(12)6-5-8(10)11/h7H,3-6H2,1-2H3,(H2,10,11). The van der Waals surface area contributed by atoms with E-state index in [0.29, 0.717) is 0 Å². The number of rotatable bonds is 6. The van der Waals surface area contributed by atoms with Gasteiger partial charge in [0.1, 0.15) is 0 Å². The minimum Gasteiger partial charge on any atom is -0.463 e. The summed E-state index contributed by atoms with van der Waals surface area (Å²) in [5, 5.41) is 0. The highest BCUT2D eigenvalue weighted by molar-refractivity contribution is 5.79. The highest BCUT2D eigenvalue weighted by Crippen LogP contribution is 2.03. The van der Waals surface area contributed by atoms with Crippen molar-refractivity contribution in [2.45, 2.75) is 45.6 Å². The Hall–Kier alpha value is -1.06. The number of carbonyl (C=O) groups excluding carboxylic acids is 2. The normalized spacial score (nSPS) is 12.2. The Morgan fingerprint density at radius 3 is 2.46 bits per heavy atom. The quantitative estimate of drug-likeness (QED) is 0.630. The molecule has 0 radical (unpaired) electrons. The van der Waals surface area contributed by atoms with Crippen LogP contribution in [0.3, 0.4) is 0 Å². The van der Waals surface area contributed by atoms with Crippen LogP contribution in [0.1, 0.15) is 39.5 Å². The molecular formula is C9H17NO3. The molecule has 76 valence electrons. The van der Waals surface area contributed by atoms with Crippen molar-refractivity contribution in [3.8, 4) is 0 Å². The van der Waals surface area contributed by atoms with Gasteiger partial charge in [-0.05, 0) is 13.3 Å². The summed E-state index contributed by atoms with van der Waals surface area (Å²) in [6.45, 7) is 3.86. The summed E-state index contributed by atoms with van der Waals surface area (Å²) in [6.07, 6.45) is 1.92. The van der Waals surface area contributed by atoms with Gasteiger partial charge in [0, 0.05) is 6.42 Å². The van der Waals surface area contributed by atoms with Crippen LogP contribution in [0.25, 0.3) is 0 Å². The van der Waals surface area contributed by atoms with E-state index in [-0.39, 0.29) is 24.9 Å². The van der Waals surface area contributed by atoms with Gasteiger partial charge in [0.15, 0.2) is 0 Å². The first-order valence-corrected chi connectivity index (χ1v) is 4.54. The zero-order chi connectivity index (χ0) is 10.3. The van der Waals surface area contributed by atoms with Crippen LogP contribution in [0.2, 0.25) is 0 Å². The third-order valence-electron chi connectivity index (χ3n) is 1.60. The fourth-order valence-corrected chi connectivity index (χ4v) is 0.974. The highest BCUT2D eigenvalue weighted by Gasteiger charge is 2.09. The van der Waals surface area contributed by atoms with E-state index in [1.165, 1.54) is 0 Å². The lowest BCUT2D eigenvalue weighted by molar-refractivity contribution is -0.149. The molecule has 0 aliphatic heterocycles. The van der Waals surface area contributed by atoms with Crippen molar-refractivity contribution in [2.75, 3.05) is 0 Å². The van der Waals surface area contributed by atoms with Gasteiger partial charge in [-0.1, -0.05) is 13.3 Å². The van der Waals surface area contributed by atoms with Crippen molar-refractivity contribution < 1.29 is 14.3 Å². The molecule has 0 aliphatic rings. The molecule has 1 amide bonds. The summed E-state index contributed by atoms with van der Waals surface area (Å²) < 4.78 is 4.99. The molecule has 0 aromatic rings. The van der Waals surface area contributed by atoms with Crippen molar-refractivity contribution >= 4 is 11.9 Å². The number of nitrogens with two attached hydrogens (primary N) is 1. The first-order chi connectivity index (χ1) is 6.06. The second-order valence-electron chi connectivity index (χ2n) is 3.06. The van der Waals surface area contributed by atoms with Crippen LogP contribution in [-0.4, -0.2) is 18.0 Å². The van der Waals surface area contributed by atoms with Crippen LogP contribution in [0, 0.1) is 0 Å². The average Bonchev–Trinajstić information content (AvgIpc) is 2.01. The van der Waals surface area contributed by atoms with E-state index in [9.17, 15) is 9.59 Å².